The highest BCUT2D eigenvalue weighted by Crippen LogP contribution is 2.40. The molecule has 1 heterocycles. The summed E-state index contributed by atoms with van der Waals surface area (Å²) in [5.41, 5.74) is 3.39. The number of ether oxygens (including phenoxy) is 1. The van der Waals surface area contributed by atoms with Gasteiger partial charge in [0.2, 0.25) is 0 Å². The number of likely N-dealkylation sites (tertiary alicyclic amines) is 1. The molecule has 1 fully saturated rings. The molecule has 1 N–H and O–H groups in total. The van der Waals surface area contributed by atoms with E-state index in [0.29, 0.717) is 30.4 Å². The molecule has 37 heavy (non-hydrogen) atoms. The van der Waals surface area contributed by atoms with E-state index >= 15 is 0 Å². The first-order valence-electron chi connectivity index (χ1n) is 13.1. The summed E-state index contributed by atoms with van der Waals surface area (Å²) >= 11 is 0. The molecule has 2 aromatic carbocycles. The Morgan fingerprint density at radius 1 is 1.08 bits per heavy atom. The average molecular weight is 507 g/mol. The van der Waals surface area contributed by atoms with Gasteiger partial charge in [0.15, 0.2) is 0 Å². The maximum Gasteiger partial charge on any atom is 0.295 e. The van der Waals surface area contributed by atoms with Crippen LogP contribution >= 0.6 is 0 Å². The Hall–Kier alpha value is -3.12. The van der Waals surface area contributed by atoms with Crippen molar-refractivity contribution in [3.8, 4) is 5.75 Å². The SMILES string of the molecule is Cc1cc(OCC(C)C)ccc1C(O)=C1C(=O)C(=O)N(CCCN(C)C)[C@@H]1c1ccc(C(C)(C)C)cc1. The zero-order valence-electron chi connectivity index (χ0n) is 23.6. The molecule has 6 nitrogen and oxygen atoms in total. The normalized spacial score (nSPS) is 17.8. The Labute approximate surface area is 221 Å². The fourth-order valence-corrected chi connectivity index (χ4v) is 4.58. The summed E-state index contributed by atoms with van der Waals surface area (Å²) in [5.74, 6) is -0.263. The van der Waals surface area contributed by atoms with Crippen LogP contribution in [0.2, 0.25) is 0 Å². The summed E-state index contributed by atoms with van der Waals surface area (Å²) < 4.78 is 5.83. The maximum atomic E-state index is 13.3. The molecule has 1 aliphatic rings. The van der Waals surface area contributed by atoms with Crippen LogP contribution in [0.1, 0.15) is 69.3 Å². The number of aliphatic hydroxyl groups excluding tert-OH is 1. The van der Waals surface area contributed by atoms with Crippen LogP contribution in [0.25, 0.3) is 5.76 Å². The number of aliphatic hydroxyl groups is 1. The van der Waals surface area contributed by atoms with E-state index in [1.54, 1.807) is 17.0 Å². The number of carbonyl (C=O) groups is 2. The van der Waals surface area contributed by atoms with Crippen molar-refractivity contribution in [2.24, 2.45) is 5.92 Å². The second kappa shape index (κ2) is 11.5. The zero-order valence-corrected chi connectivity index (χ0v) is 23.6. The topological polar surface area (TPSA) is 70.1 Å². The quantitative estimate of drug-likeness (QED) is 0.268. The third-order valence-electron chi connectivity index (χ3n) is 6.67. The molecule has 0 aromatic heterocycles. The number of carbonyl (C=O) groups excluding carboxylic acids is 2. The van der Waals surface area contributed by atoms with Gasteiger partial charge in [-0.3, -0.25) is 9.59 Å². The number of ketones is 1. The van der Waals surface area contributed by atoms with E-state index in [1.807, 2.05) is 51.4 Å². The van der Waals surface area contributed by atoms with E-state index in [1.165, 1.54) is 0 Å². The van der Waals surface area contributed by atoms with Gasteiger partial charge in [0.05, 0.1) is 18.2 Å². The van der Waals surface area contributed by atoms with Gasteiger partial charge in [-0.15, -0.1) is 0 Å². The van der Waals surface area contributed by atoms with Crippen molar-refractivity contribution in [2.45, 2.75) is 59.4 Å². The third-order valence-corrected chi connectivity index (χ3v) is 6.67. The van der Waals surface area contributed by atoms with E-state index in [9.17, 15) is 14.7 Å². The van der Waals surface area contributed by atoms with Gasteiger partial charge in [-0.1, -0.05) is 58.9 Å². The van der Waals surface area contributed by atoms with Crippen LogP contribution in [0.4, 0.5) is 0 Å². The van der Waals surface area contributed by atoms with Gasteiger partial charge in [-0.2, -0.15) is 0 Å². The molecule has 1 amide bonds. The second-order valence-corrected chi connectivity index (χ2v) is 11.7. The van der Waals surface area contributed by atoms with Crippen LogP contribution in [-0.4, -0.2) is 60.4 Å². The first-order valence-corrected chi connectivity index (χ1v) is 13.1. The summed E-state index contributed by atoms with van der Waals surface area (Å²) in [4.78, 5) is 30.2. The van der Waals surface area contributed by atoms with Crippen LogP contribution in [0.5, 0.6) is 5.75 Å². The Morgan fingerprint density at radius 3 is 2.27 bits per heavy atom. The number of Topliss-reactive ketones (excluding diaryl/α,β-unsaturated/α-hetero) is 1. The number of amides is 1. The fourth-order valence-electron chi connectivity index (χ4n) is 4.58. The highest BCUT2D eigenvalue weighted by atomic mass is 16.5. The lowest BCUT2D eigenvalue weighted by Crippen LogP contribution is -2.32. The molecule has 6 heteroatoms. The lowest BCUT2D eigenvalue weighted by Gasteiger charge is -2.27. The highest BCUT2D eigenvalue weighted by Gasteiger charge is 2.46. The standard InChI is InChI=1S/C31H42N2O4/c1-20(2)19-37-24-14-15-25(21(3)18-24)28(34)26-27(22-10-12-23(13-11-22)31(4,5)6)33(30(36)29(26)35)17-9-16-32(7)8/h10-15,18,20,27,34H,9,16-17,19H2,1-8H3/t27-/m1/s1. The molecule has 0 saturated carbocycles. The van der Waals surface area contributed by atoms with Crippen LogP contribution in [0.15, 0.2) is 48.0 Å². The Morgan fingerprint density at radius 2 is 1.73 bits per heavy atom. The first-order chi connectivity index (χ1) is 17.3. The number of aryl methyl sites for hydroxylation is 1. The van der Waals surface area contributed by atoms with Crippen molar-refractivity contribution < 1.29 is 19.4 Å². The van der Waals surface area contributed by atoms with Gasteiger partial charge in [-0.05, 0) is 80.2 Å². The van der Waals surface area contributed by atoms with Gasteiger partial charge >= 0.3 is 0 Å². The largest absolute Gasteiger partial charge is 0.507 e. The lowest BCUT2D eigenvalue weighted by molar-refractivity contribution is -0.139. The molecule has 0 spiro atoms. The van der Waals surface area contributed by atoms with E-state index in [-0.39, 0.29) is 16.7 Å². The summed E-state index contributed by atoms with van der Waals surface area (Å²) in [6.07, 6.45) is 0.720. The van der Waals surface area contributed by atoms with Crippen LogP contribution in [-0.2, 0) is 15.0 Å². The fraction of sp³-hybridized carbons (Fsp3) is 0.484. The molecule has 0 aliphatic carbocycles. The lowest BCUT2D eigenvalue weighted by atomic mass is 9.85. The van der Waals surface area contributed by atoms with Crippen LogP contribution < -0.4 is 4.74 Å². The number of hydrogen-bond donors (Lipinski definition) is 1. The average Bonchev–Trinajstić information content (AvgIpc) is 3.06. The smallest absolute Gasteiger partial charge is 0.295 e. The van der Waals surface area contributed by atoms with Crippen molar-refractivity contribution >= 4 is 17.4 Å². The van der Waals surface area contributed by atoms with Gasteiger partial charge in [0.1, 0.15) is 11.5 Å². The molecule has 0 unspecified atom stereocenters. The number of hydrogen-bond acceptors (Lipinski definition) is 5. The van der Waals surface area contributed by atoms with Crippen LogP contribution in [0.3, 0.4) is 0 Å². The summed E-state index contributed by atoms with van der Waals surface area (Å²) in [7, 11) is 3.96. The molecule has 1 atom stereocenters. The minimum Gasteiger partial charge on any atom is -0.507 e. The number of benzene rings is 2. The maximum absolute atomic E-state index is 13.3. The molecule has 0 bridgehead atoms. The minimum atomic E-state index is -0.646. The first kappa shape index (κ1) is 28.5. The van der Waals surface area contributed by atoms with Gasteiger partial charge < -0.3 is 19.6 Å². The molecule has 2 aromatic rings. The summed E-state index contributed by atoms with van der Waals surface area (Å²) in [6.45, 7) is 14.3. The van der Waals surface area contributed by atoms with E-state index in [4.69, 9.17) is 4.74 Å². The monoisotopic (exact) mass is 506 g/mol. The van der Waals surface area contributed by atoms with Crippen LogP contribution in [0, 0.1) is 12.8 Å². The third kappa shape index (κ3) is 6.61. The summed E-state index contributed by atoms with van der Waals surface area (Å²) in [6, 6.07) is 12.8. The van der Waals surface area contributed by atoms with Crippen molar-refractivity contribution in [3.05, 3.63) is 70.3 Å². The van der Waals surface area contributed by atoms with E-state index < -0.39 is 17.7 Å². The molecule has 200 valence electrons. The molecule has 1 aliphatic heterocycles. The van der Waals surface area contributed by atoms with Crippen molar-refractivity contribution in [2.75, 3.05) is 33.8 Å². The summed E-state index contributed by atoms with van der Waals surface area (Å²) in [5, 5.41) is 11.5. The molecule has 1 saturated heterocycles. The van der Waals surface area contributed by atoms with Gasteiger partial charge in [0, 0.05) is 12.1 Å². The molecular formula is C31H42N2O4. The number of nitrogens with zero attached hydrogens (tertiary/aromatic N) is 2. The van der Waals surface area contributed by atoms with Crippen molar-refractivity contribution in [1.29, 1.82) is 0 Å². The second-order valence-electron chi connectivity index (χ2n) is 11.7. The highest BCUT2D eigenvalue weighted by molar-refractivity contribution is 6.46. The number of rotatable bonds is 9. The minimum absolute atomic E-state index is 0.0252. The predicted octanol–water partition coefficient (Wildman–Crippen LogP) is 5.70. The van der Waals surface area contributed by atoms with E-state index in [2.05, 4.69) is 39.5 Å². The van der Waals surface area contributed by atoms with Crippen molar-refractivity contribution in [3.63, 3.8) is 0 Å². The van der Waals surface area contributed by atoms with Gasteiger partial charge in [0.25, 0.3) is 11.7 Å². The zero-order chi connectivity index (χ0) is 27.5. The molecular weight excluding hydrogens is 464 g/mol. The Bertz CT molecular complexity index is 1160. The molecule has 0 radical (unpaired) electrons. The van der Waals surface area contributed by atoms with Crippen molar-refractivity contribution in [1.82, 2.24) is 9.80 Å². The molecule has 3 rings (SSSR count). The van der Waals surface area contributed by atoms with E-state index in [0.717, 1.165) is 29.7 Å². The Kier molecular flexibility index (Phi) is 8.85. The Balaban J connectivity index is 2.07. The predicted molar refractivity (Wildman–Crippen MR) is 149 cm³/mol. The van der Waals surface area contributed by atoms with Gasteiger partial charge in [-0.25, -0.2) is 0 Å².